The lowest BCUT2D eigenvalue weighted by molar-refractivity contribution is 0.602. The molecular formula is C15H20N2. The molecule has 0 atom stereocenters. The van der Waals surface area contributed by atoms with E-state index in [1.807, 2.05) is 0 Å². The summed E-state index contributed by atoms with van der Waals surface area (Å²) in [5.41, 5.74) is 2.70. The maximum absolute atomic E-state index is 3.48. The Morgan fingerprint density at radius 3 is 2.59 bits per heavy atom. The number of nitrogens with zero attached hydrogens (tertiary/aromatic N) is 1. The second kappa shape index (κ2) is 6.26. The summed E-state index contributed by atoms with van der Waals surface area (Å²) in [6, 6.07) is 14.8. The van der Waals surface area contributed by atoms with Gasteiger partial charge in [0.25, 0.3) is 0 Å². The molecule has 1 aromatic carbocycles. The first-order chi connectivity index (χ1) is 8.40. The van der Waals surface area contributed by atoms with Gasteiger partial charge < -0.3 is 9.88 Å². The smallest absolute Gasteiger partial charge is 0.0362 e. The molecule has 0 aliphatic heterocycles. The van der Waals surface area contributed by atoms with Crippen LogP contribution in [0, 0.1) is 0 Å². The monoisotopic (exact) mass is 228 g/mol. The van der Waals surface area contributed by atoms with Crippen LogP contribution >= 0.6 is 0 Å². The molecule has 0 spiro atoms. The Labute approximate surface area is 103 Å². The lowest BCUT2D eigenvalue weighted by Crippen LogP contribution is -2.15. The van der Waals surface area contributed by atoms with Gasteiger partial charge in [-0.25, -0.2) is 0 Å². The summed E-state index contributed by atoms with van der Waals surface area (Å²) in [7, 11) is 0. The highest BCUT2D eigenvalue weighted by Gasteiger charge is 1.99. The van der Waals surface area contributed by atoms with Crippen LogP contribution in [0.2, 0.25) is 0 Å². The highest BCUT2D eigenvalue weighted by Crippen LogP contribution is 2.04. The first-order valence-corrected chi connectivity index (χ1v) is 6.29. The second-order valence-electron chi connectivity index (χ2n) is 4.28. The van der Waals surface area contributed by atoms with E-state index in [4.69, 9.17) is 0 Å². The van der Waals surface area contributed by atoms with Gasteiger partial charge in [-0.3, -0.25) is 0 Å². The molecule has 1 aromatic heterocycles. The van der Waals surface area contributed by atoms with Crippen molar-refractivity contribution in [3.63, 3.8) is 0 Å². The molecule has 0 radical (unpaired) electrons. The predicted molar refractivity (Wildman–Crippen MR) is 71.7 cm³/mol. The predicted octanol–water partition coefficient (Wildman–Crippen LogP) is 3.19. The van der Waals surface area contributed by atoms with Crippen molar-refractivity contribution in [2.75, 3.05) is 0 Å². The van der Waals surface area contributed by atoms with Gasteiger partial charge >= 0.3 is 0 Å². The van der Waals surface area contributed by atoms with E-state index < -0.39 is 0 Å². The van der Waals surface area contributed by atoms with Gasteiger partial charge in [-0.2, -0.15) is 0 Å². The average molecular weight is 228 g/mol. The molecule has 1 N–H and O–H groups in total. The van der Waals surface area contributed by atoms with Crippen molar-refractivity contribution in [1.82, 2.24) is 9.88 Å². The van der Waals surface area contributed by atoms with Crippen molar-refractivity contribution >= 4 is 0 Å². The number of hydrogen-bond acceptors (Lipinski definition) is 1. The fourth-order valence-electron chi connectivity index (χ4n) is 2.00. The molecular weight excluding hydrogens is 208 g/mol. The summed E-state index contributed by atoms with van der Waals surface area (Å²) in [6.07, 6.45) is 3.34. The van der Waals surface area contributed by atoms with Gasteiger partial charge in [-0.05, 0) is 24.1 Å². The average Bonchev–Trinajstić information content (AvgIpc) is 2.79. The van der Waals surface area contributed by atoms with Crippen LogP contribution in [0.3, 0.4) is 0 Å². The zero-order valence-electron chi connectivity index (χ0n) is 10.4. The van der Waals surface area contributed by atoms with E-state index in [-0.39, 0.29) is 0 Å². The number of aryl methyl sites for hydroxylation is 1. The Balaban J connectivity index is 1.84. The van der Waals surface area contributed by atoms with E-state index in [1.54, 1.807) is 0 Å². The fourth-order valence-corrected chi connectivity index (χ4v) is 2.00. The molecule has 0 unspecified atom stereocenters. The third-order valence-electron chi connectivity index (χ3n) is 2.87. The highest BCUT2D eigenvalue weighted by atomic mass is 15.0. The number of aromatic nitrogens is 1. The normalized spacial score (nSPS) is 10.6. The first-order valence-electron chi connectivity index (χ1n) is 6.29. The summed E-state index contributed by atoms with van der Waals surface area (Å²) in [4.78, 5) is 0. The Bertz CT molecular complexity index is 431. The minimum absolute atomic E-state index is 0.929. The van der Waals surface area contributed by atoms with Crippen molar-refractivity contribution in [2.24, 2.45) is 0 Å². The first kappa shape index (κ1) is 11.9. The summed E-state index contributed by atoms with van der Waals surface area (Å²) < 4.78 is 2.32. The molecule has 0 saturated heterocycles. The minimum atomic E-state index is 0.929. The maximum atomic E-state index is 3.48. The molecule has 2 heteroatoms. The lowest BCUT2D eigenvalue weighted by Gasteiger charge is -2.09. The van der Waals surface area contributed by atoms with Crippen LogP contribution in [0.5, 0.6) is 0 Å². The second-order valence-corrected chi connectivity index (χ2v) is 4.28. The van der Waals surface area contributed by atoms with Crippen LogP contribution in [0.4, 0.5) is 0 Å². The molecule has 0 fully saturated rings. The standard InChI is InChI=1S/C15H20N2/c1-2-10-17-11-6-9-15(17)13-16-12-14-7-4-3-5-8-14/h3-9,11,16H,2,10,12-13H2,1H3. The van der Waals surface area contributed by atoms with Crippen molar-refractivity contribution in [2.45, 2.75) is 33.0 Å². The quantitative estimate of drug-likeness (QED) is 0.803. The Morgan fingerprint density at radius 2 is 1.82 bits per heavy atom. The molecule has 0 aliphatic carbocycles. The van der Waals surface area contributed by atoms with Crippen molar-refractivity contribution in [3.8, 4) is 0 Å². The molecule has 0 aliphatic rings. The van der Waals surface area contributed by atoms with E-state index >= 15 is 0 Å². The molecule has 0 bridgehead atoms. The fraction of sp³-hybridized carbons (Fsp3) is 0.333. The molecule has 2 rings (SSSR count). The third kappa shape index (κ3) is 3.46. The van der Waals surface area contributed by atoms with E-state index in [1.165, 1.54) is 17.7 Å². The van der Waals surface area contributed by atoms with Gasteiger partial charge in [-0.1, -0.05) is 37.3 Å². The zero-order chi connectivity index (χ0) is 11.9. The van der Waals surface area contributed by atoms with Crippen LogP contribution < -0.4 is 5.32 Å². The molecule has 1 heterocycles. The van der Waals surface area contributed by atoms with E-state index in [9.17, 15) is 0 Å². The maximum Gasteiger partial charge on any atom is 0.0362 e. The van der Waals surface area contributed by atoms with E-state index in [2.05, 4.69) is 65.5 Å². The van der Waals surface area contributed by atoms with Gasteiger partial charge in [-0.15, -0.1) is 0 Å². The topological polar surface area (TPSA) is 17.0 Å². The van der Waals surface area contributed by atoms with Crippen LogP contribution in [0.25, 0.3) is 0 Å². The van der Waals surface area contributed by atoms with Gasteiger partial charge in [0.1, 0.15) is 0 Å². The van der Waals surface area contributed by atoms with Crippen molar-refractivity contribution in [3.05, 3.63) is 59.9 Å². The summed E-state index contributed by atoms with van der Waals surface area (Å²) in [5.74, 6) is 0. The summed E-state index contributed by atoms with van der Waals surface area (Å²) in [5, 5.41) is 3.48. The van der Waals surface area contributed by atoms with Gasteiger partial charge in [0, 0.05) is 31.5 Å². The molecule has 17 heavy (non-hydrogen) atoms. The molecule has 0 saturated carbocycles. The number of hydrogen-bond donors (Lipinski definition) is 1. The lowest BCUT2D eigenvalue weighted by atomic mass is 10.2. The summed E-state index contributed by atoms with van der Waals surface area (Å²) >= 11 is 0. The Morgan fingerprint density at radius 1 is 1.00 bits per heavy atom. The van der Waals surface area contributed by atoms with Crippen LogP contribution in [0.15, 0.2) is 48.7 Å². The van der Waals surface area contributed by atoms with Gasteiger partial charge in [0.05, 0.1) is 0 Å². The summed E-state index contributed by atoms with van der Waals surface area (Å²) in [6.45, 7) is 5.18. The Hall–Kier alpha value is -1.54. The number of benzene rings is 1. The van der Waals surface area contributed by atoms with Crippen molar-refractivity contribution in [1.29, 1.82) is 0 Å². The highest BCUT2D eigenvalue weighted by molar-refractivity contribution is 5.14. The van der Waals surface area contributed by atoms with Crippen LogP contribution in [0.1, 0.15) is 24.6 Å². The molecule has 2 nitrogen and oxygen atoms in total. The van der Waals surface area contributed by atoms with Crippen molar-refractivity contribution < 1.29 is 0 Å². The van der Waals surface area contributed by atoms with E-state index in [0.29, 0.717) is 0 Å². The largest absolute Gasteiger partial charge is 0.350 e. The third-order valence-corrected chi connectivity index (χ3v) is 2.87. The number of rotatable bonds is 6. The minimum Gasteiger partial charge on any atom is -0.350 e. The molecule has 0 amide bonds. The van der Waals surface area contributed by atoms with E-state index in [0.717, 1.165) is 19.6 Å². The van der Waals surface area contributed by atoms with Crippen LogP contribution in [-0.4, -0.2) is 4.57 Å². The zero-order valence-corrected chi connectivity index (χ0v) is 10.4. The van der Waals surface area contributed by atoms with Gasteiger partial charge in [0.15, 0.2) is 0 Å². The SMILES string of the molecule is CCCn1cccc1CNCc1ccccc1. The Kier molecular flexibility index (Phi) is 4.39. The molecule has 90 valence electrons. The molecule has 2 aromatic rings. The number of nitrogens with one attached hydrogen (secondary N) is 1. The van der Waals surface area contributed by atoms with Crippen LogP contribution in [-0.2, 0) is 19.6 Å². The van der Waals surface area contributed by atoms with Gasteiger partial charge in [0.2, 0.25) is 0 Å².